The highest BCUT2D eigenvalue weighted by atomic mass is 35.5. The molecule has 4 heteroatoms. The highest BCUT2D eigenvalue weighted by molar-refractivity contribution is 5.85. The summed E-state index contributed by atoms with van der Waals surface area (Å²) in [4.78, 5) is 13.9. The van der Waals surface area contributed by atoms with Crippen LogP contribution in [-0.2, 0) is 4.79 Å². The fourth-order valence-corrected chi connectivity index (χ4v) is 2.22. The largest absolute Gasteiger partial charge is 0.341 e. The van der Waals surface area contributed by atoms with Gasteiger partial charge in [-0.2, -0.15) is 0 Å². The summed E-state index contributed by atoms with van der Waals surface area (Å²) < 4.78 is 0. The van der Waals surface area contributed by atoms with Crippen molar-refractivity contribution < 1.29 is 4.79 Å². The van der Waals surface area contributed by atoms with E-state index in [1.165, 1.54) is 12.8 Å². The number of nitrogens with zero attached hydrogens (tertiary/aromatic N) is 1. The summed E-state index contributed by atoms with van der Waals surface area (Å²) in [7, 11) is 0. The molecule has 1 N–H and O–H groups in total. The standard InChI is InChI=1S/C11H20N2O.ClH/c1-3-11(2)5-7-13(8-11)10(14)9-4-6-12-9;/h9,12H,3-8H2,1-2H3;1H/t9-,11?;/m1./s1. The number of hydrogen-bond acceptors (Lipinski definition) is 2. The second-order valence-electron chi connectivity index (χ2n) is 4.97. The van der Waals surface area contributed by atoms with Crippen molar-refractivity contribution >= 4 is 18.3 Å². The highest BCUT2D eigenvalue weighted by Crippen LogP contribution is 2.33. The Labute approximate surface area is 98.0 Å². The Kier molecular flexibility index (Phi) is 4.01. The van der Waals surface area contributed by atoms with Crippen LogP contribution >= 0.6 is 12.4 Å². The Balaban J connectivity index is 0.00000112. The number of likely N-dealkylation sites (tertiary alicyclic amines) is 1. The van der Waals surface area contributed by atoms with Gasteiger partial charge in [0, 0.05) is 13.1 Å². The molecular formula is C11H21ClN2O. The summed E-state index contributed by atoms with van der Waals surface area (Å²) >= 11 is 0. The minimum atomic E-state index is 0. The first-order chi connectivity index (χ1) is 6.64. The number of carbonyl (C=O) groups excluding carboxylic acids is 1. The molecule has 3 nitrogen and oxygen atoms in total. The lowest BCUT2D eigenvalue weighted by atomic mass is 9.87. The predicted octanol–water partition coefficient (Wildman–Crippen LogP) is 1.42. The van der Waals surface area contributed by atoms with Gasteiger partial charge in [0.15, 0.2) is 0 Å². The zero-order valence-electron chi connectivity index (χ0n) is 9.58. The van der Waals surface area contributed by atoms with Gasteiger partial charge in [-0.15, -0.1) is 12.4 Å². The first-order valence-electron chi connectivity index (χ1n) is 5.67. The summed E-state index contributed by atoms with van der Waals surface area (Å²) in [6, 6.07) is 0.134. The molecule has 88 valence electrons. The number of rotatable bonds is 2. The van der Waals surface area contributed by atoms with Crippen molar-refractivity contribution in [1.29, 1.82) is 0 Å². The normalized spacial score (nSPS) is 34.5. The second kappa shape index (κ2) is 4.71. The molecular weight excluding hydrogens is 212 g/mol. The summed E-state index contributed by atoms with van der Waals surface area (Å²) in [5, 5.41) is 3.18. The minimum absolute atomic E-state index is 0. The van der Waals surface area contributed by atoms with Crippen LogP contribution in [0, 0.1) is 5.41 Å². The van der Waals surface area contributed by atoms with Crippen molar-refractivity contribution in [3.63, 3.8) is 0 Å². The lowest BCUT2D eigenvalue weighted by Crippen LogP contribution is -2.54. The van der Waals surface area contributed by atoms with Crippen LogP contribution in [0.4, 0.5) is 0 Å². The molecule has 2 aliphatic rings. The highest BCUT2D eigenvalue weighted by Gasteiger charge is 2.38. The molecule has 0 aliphatic carbocycles. The number of amides is 1. The van der Waals surface area contributed by atoms with Gasteiger partial charge in [-0.3, -0.25) is 4.79 Å². The van der Waals surface area contributed by atoms with Crippen LogP contribution in [-0.4, -0.2) is 36.5 Å². The Morgan fingerprint density at radius 3 is 2.67 bits per heavy atom. The van der Waals surface area contributed by atoms with Gasteiger partial charge in [-0.25, -0.2) is 0 Å². The molecule has 0 spiro atoms. The molecule has 0 aromatic carbocycles. The molecule has 15 heavy (non-hydrogen) atoms. The lowest BCUT2D eigenvalue weighted by molar-refractivity contribution is -0.134. The van der Waals surface area contributed by atoms with E-state index < -0.39 is 0 Å². The lowest BCUT2D eigenvalue weighted by Gasteiger charge is -2.31. The third-order valence-electron chi connectivity index (χ3n) is 3.84. The average Bonchev–Trinajstić information content (AvgIpc) is 2.46. The first kappa shape index (κ1) is 12.8. The van der Waals surface area contributed by atoms with Gasteiger partial charge in [0.2, 0.25) is 5.91 Å². The minimum Gasteiger partial charge on any atom is -0.341 e. The monoisotopic (exact) mass is 232 g/mol. The van der Waals surface area contributed by atoms with Crippen LogP contribution in [0.1, 0.15) is 33.1 Å². The van der Waals surface area contributed by atoms with Crippen LogP contribution < -0.4 is 5.32 Å². The fourth-order valence-electron chi connectivity index (χ4n) is 2.22. The van der Waals surface area contributed by atoms with Crippen molar-refractivity contribution in [2.45, 2.75) is 39.2 Å². The summed E-state index contributed by atoms with van der Waals surface area (Å²) in [6.45, 7) is 7.43. The van der Waals surface area contributed by atoms with E-state index in [0.29, 0.717) is 11.3 Å². The Morgan fingerprint density at radius 1 is 1.60 bits per heavy atom. The molecule has 2 saturated heterocycles. The second-order valence-corrected chi connectivity index (χ2v) is 4.97. The molecule has 1 unspecified atom stereocenters. The van der Waals surface area contributed by atoms with E-state index in [9.17, 15) is 4.79 Å². The van der Waals surface area contributed by atoms with Gasteiger partial charge in [0.25, 0.3) is 0 Å². The van der Waals surface area contributed by atoms with E-state index in [-0.39, 0.29) is 18.4 Å². The van der Waals surface area contributed by atoms with E-state index in [4.69, 9.17) is 0 Å². The molecule has 0 radical (unpaired) electrons. The van der Waals surface area contributed by atoms with Gasteiger partial charge < -0.3 is 10.2 Å². The van der Waals surface area contributed by atoms with E-state index >= 15 is 0 Å². The average molecular weight is 233 g/mol. The predicted molar refractivity (Wildman–Crippen MR) is 63.3 cm³/mol. The Hall–Kier alpha value is -0.280. The summed E-state index contributed by atoms with van der Waals surface area (Å²) in [5.41, 5.74) is 0.374. The van der Waals surface area contributed by atoms with Crippen LogP contribution in [0.2, 0.25) is 0 Å². The molecule has 0 bridgehead atoms. The molecule has 0 aromatic rings. The SMILES string of the molecule is CCC1(C)CCN(C(=O)[C@H]2CCN2)C1.Cl. The van der Waals surface area contributed by atoms with Crippen molar-refractivity contribution in [2.75, 3.05) is 19.6 Å². The van der Waals surface area contributed by atoms with Crippen molar-refractivity contribution in [1.82, 2.24) is 10.2 Å². The number of carbonyl (C=O) groups is 1. The first-order valence-corrected chi connectivity index (χ1v) is 5.67. The molecule has 2 fully saturated rings. The molecule has 1 amide bonds. The molecule has 2 heterocycles. The number of nitrogens with one attached hydrogen (secondary N) is 1. The van der Waals surface area contributed by atoms with Crippen LogP contribution in [0.5, 0.6) is 0 Å². The van der Waals surface area contributed by atoms with Crippen molar-refractivity contribution in [3.05, 3.63) is 0 Å². The maximum atomic E-state index is 11.9. The van der Waals surface area contributed by atoms with Crippen molar-refractivity contribution in [2.24, 2.45) is 5.41 Å². The third-order valence-corrected chi connectivity index (χ3v) is 3.84. The smallest absolute Gasteiger partial charge is 0.239 e. The topological polar surface area (TPSA) is 32.3 Å². The Morgan fingerprint density at radius 2 is 2.27 bits per heavy atom. The molecule has 2 atom stereocenters. The van der Waals surface area contributed by atoms with Crippen LogP contribution in [0.25, 0.3) is 0 Å². The van der Waals surface area contributed by atoms with Crippen molar-refractivity contribution in [3.8, 4) is 0 Å². The summed E-state index contributed by atoms with van der Waals surface area (Å²) in [6.07, 6.45) is 3.37. The zero-order valence-corrected chi connectivity index (χ0v) is 10.4. The number of hydrogen-bond donors (Lipinski definition) is 1. The quantitative estimate of drug-likeness (QED) is 0.781. The summed E-state index contributed by atoms with van der Waals surface area (Å²) in [5.74, 6) is 0.327. The molecule has 2 aliphatic heterocycles. The van der Waals surface area contributed by atoms with E-state index in [1.54, 1.807) is 0 Å². The van der Waals surface area contributed by atoms with Gasteiger partial charge in [0.05, 0.1) is 6.04 Å². The third kappa shape index (κ3) is 2.45. The van der Waals surface area contributed by atoms with E-state index in [0.717, 1.165) is 26.1 Å². The van der Waals surface area contributed by atoms with Gasteiger partial charge >= 0.3 is 0 Å². The number of halogens is 1. The molecule has 0 saturated carbocycles. The van der Waals surface area contributed by atoms with Crippen LogP contribution in [0.15, 0.2) is 0 Å². The maximum Gasteiger partial charge on any atom is 0.239 e. The fraction of sp³-hybridized carbons (Fsp3) is 0.909. The van der Waals surface area contributed by atoms with Gasteiger partial charge in [-0.1, -0.05) is 13.8 Å². The Bertz CT molecular complexity index is 243. The maximum absolute atomic E-state index is 11.9. The van der Waals surface area contributed by atoms with Gasteiger partial charge in [-0.05, 0) is 31.2 Å². The van der Waals surface area contributed by atoms with Gasteiger partial charge in [0.1, 0.15) is 0 Å². The van der Waals surface area contributed by atoms with Crippen LogP contribution in [0.3, 0.4) is 0 Å². The van der Waals surface area contributed by atoms with E-state index in [1.807, 2.05) is 4.90 Å². The molecule has 2 rings (SSSR count). The van der Waals surface area contributed by atoms with E-state index in [2.05, 4.69) is 19.2 Å². The zero-order chi connectivity index (χ0) is 10.2. The molecule has 0 aromatic heterocycles.